The Bertz CT molecular complexity index is 395. The smallest absolute Gasteiger partial charge is 0.118 e. The van der Waals surface area contributed by atoms with Crippen molar-refractivity contribution in [3.05, 3.63) is 23.7 Å². The number of furan rings is 1. The van der Waals surface area contributed by atoms with E-state index in [1.165, 1.54) is 44.3 Å². The topological polar surface area (TPSA) is 28.4 Å². The van der Waals surface area contributed by atoms with Crippen LogP contribution in [-0.4, -0.2) is 24.5 Å². The fourth-order valence-corrected chi connectivity index (χ4v) is 3.22. The molecule has 1 aromatic rings. The third kappa shape index (κ3) is 3.86. The number of hydrogen-bond acceptors (Lipinski definition) is 3. The SMILES string of the molecule is CCCNCc1coc(CN2CCC(CC)(CC)C2)c1. The summed E-state index contributed by atoms with van der Waals surface area (Å²) in [6.07, 6.45) is 7.01. The summed E-state index contributed by atoms with van der Waals surface area (Å²) in [7, 11) is 0. The van der Waals surface area contributed by atoms with Crippen LogP contribution in [0.2, 0.25) is 0 Å². The Morgan fingerprint density at radius 3 is 2.75 bits per heavy atom. The first-order valence-corrected chi connectivity index (χ1v) is 8.20. The molecule has 0 radical (unpaired) electrons. The minimum absolute atomic E-state index is 0.554. The zero-order chi connectivity index (χ0) is 14.4. The Morgan fingerprint density at radius 2 is 2.10 bits per heavy atom. The van der Waals surface area contributed by atoms with Gasteiger partial charge < -0.3 is 9.73 Å². The normalized spacial score (nSPS) is 18.8. The fraction of sp³-hybridized carbons (Fsp3) is 0.765. The van der Waals surface area contributed by atoms with E-state index >= 15 is 0 Å². The van der Waals surface area contributed by atoms with Crippen molar-refractivity contribution in [3.63, 3.8) is 0 Å². The van der Waals surface area contributed by atoms with Crippen molar-refractivity contribution in [2.24, 2.45) is 5.41 Å². The molecule has 1 N–H and O–H groups in total. The molecule has 0 amide bonds. The van der Waals surface area contributed by atoms with E-state index in [1.807, 2.05) is 6.26 Å². The summed E-state index contributed by atoms with van der Waals surface area (Å²) >= 11 is 0. The molecule has 0 aliphatic carbocycles. The molecule has 1 aromatic heterocycles. The summed E-state index contributed by atoms with van der Waals surface area (Å²) in [4.78, 5) is 2.55. The maximum Gasteiger partial charge on any atom is 0.118 e. The van der Waals surface area contributed by atoms with Crippen LogP contribution in [0.15, 0.2) is 16.7 Å². The summed E-state index contributed by atoms with van der Waals surface area (Å²) in [5.74, 6) is 1.11. The Morgan fingerprint density at radius 1 is 1.30 bits per heavy atom. The highest BCUT2D eigenvalue weighted by Gasteiger charge is 2.34. The van der Waals surface area contributed by atoms with Gasteiger partial charge in [0.05, 0.1) is 12.8 Å². The first-order valence-electron chi connectivity index (χ1n) is 8.20. The van der Waals surface area contributed by atoms with Gasteiger partial charge in [0.2, 0.25) is 0 Å². The van der Waals surface area contributed by atoms with Crippen molar-refractivity contribution >= 4 is 0 Å². The van der Waals surface area contributed by atoms with Gasteiger partial charge in [-0.1, -0.05) is 20.8 Å². The molecule has 0 spiro atoms. The fourth-order valence-electron chi connectivity index (χ4n) is 3.22. The van der Waals surface area contributed by atoms with Gasteiger partial charge in [-0.2, -0.15) is 0 Å². The maximum absolute atomic E-state index is 5.71. The molecule has 2 heterocycles. The van der Waals surface area contributed by atoms with Gasteiger partial charge in [0.15, 0.2) is 0 Å². The van der Waals surface area contributed by atoms with Crippen molar-refractivity contribution in [2.45, 2.75) is 59.5 Å². The van der Waals surface area contributed by atoms with Gasteiger partial charge in [-0.3, -0.25) is 4.90 Å². The molecule has 1 aliphatic heterocycles. The van der Waals surface area contributed by atoms with Gasteiger partial charge in [0.1, 0.15) is 5.76 Å². The monoisotopic (exact) mass is 278 g/mol. The van der Waals surface area contributed by atoms with E-state index in [1.54, 1.807) is 0 Å². The molecule has 2 rings (SSSR count). The second kappa shape index (κ2) is 7.28. The van der Waals surface area contributed by atoms with Crippen LogP contribution in [0.5, 0.6) is 0 Å². The zero-order valence-electron chi connectivity index (χ0n) is 13.4. The predicted octanol–water partition coefficient (Wildman–Crippen LogP) is 3.79. The number of likely N-dealkylation sites (tertiary alicyclic amines) is 1. The summed E-state index contributed by atoms with van der Waals surface area (Å²) < 4.78 is 5.71. The molecule has 0 unspecified atom stereocenters. The summed E-state index contributed by atoms with van der Waals surface area (Å²) in [5, 5.41) is 3.42. The lowest BCUT2D eigenvalue weighted by molar-refractivity contribution is 0.226. The van der Waals surface area contributed by atoms with E-state index in [4.69, 9.17) is 4.42 Å². The van der Waals surface area contributed by atoms with Crippen LogP contribution in [-0.2, 0) is 13.1 Å². The average molecular weight is 278 g/mol. The van der Waals surface area contributed by atoms with E-state index in [0.717, 1.165) is 25.4 Å². The van der Waals surface area contributed by atoms with Gasteiger partial charge in [-0.15, -0.1) is 0 Å². The minimum Gasteiger partial charge on any atom is -0.468 e. The van der Waals surface area contributed by atoms with E-state index in [-0.39, 0.29) is 0 Å². The average Bonchev–Trinajstić information content (AvgIpc) is 3.07. The minimum atomic E-state index is 0.554. The Balaban J connectivity index is 1.82. The molecule has 0 aromatic carbocycles. The van der Waals surface area contributed by atoms with E-state index in [0.29, 0.717) is 5.41 Å². The van der Waals surface area contributed by atoms with Crippen LogP contribution in [0.3, 0.4) is 0 Å². The Labute approximate surface area is 123 Å². The number of nitrogens with one attached hydrogen (secondary N) is 1. The van der Waals surface area contributed by atoms with Gasteiger partial charge in [-0.25, -0.2) is 0 Å². The highest BCUT2D eigenvalue weighted by molar-refractivity contribution is 5.13. The number of rotatable bonds is 8. The summed E-state index contributed by atoms with van der Waals surface area (Å²) in [5.41, 5.74) is 1.82. The Kier molecular flexibility index (Phi) is 5.67. The predicted molar refractivity (Wildman–Crippen MR) is 83.6 cm³/mol. The standard InChI is InChI=1S/C17H30N2O/c1-4-8-18-11-15-10-16(20-13-15)12-19-9-7-17(5-2,6-3)14-19/h10,13,18H,4-9,11-12,14H2,1-3H3. The lowest BCUT2D eigenvalue weighted by Crippen LogP contribution is -2.25. The van der Waals surface area contributed by atoms with Gasteiger partial charge >= 0.3 is 0 Å². The number of nitrogens with zero attached hydrogens (tertiary/aromatic N) is 1. The third-order valence-corrected chi connectivity index (χ3v) is 4.86. The molecule has 1 aliphatic rings. The van der Waals surface area contributed by atoms with Crippen molar-refractivity contribution < 1.29 is 4.42 Å². The lowest BCUT2D eigenvalue weighted by Gasteiger charge is -2.26. The molecule has 1 saturated heterocycles. The zero-order valence-corrected chi connectivity index (χ0v) is 13.4. The van der Waals surface area contributed by atoms with E-state index in [9.17, 15) is 0 Å². The van der Waals surface area contributed by atoms with Crippen LogP contribution in [0.1, 0.15) is 57.8 Å². The highest BCUT2D eigenvalue weighted by Crippen LogP contribution is 2.37. The number of hydrogen-bond donors (Lipinski definition) is 1. The molecule has 0 atom stereocenters. The van der Waals surface area contributed by atoms with Crippen molar-refractivity contribution in [3.8, 4) is 0 Å². The van der Waals surface area contributed by atoms with Crippen LogP contribution in [0.25, 0.3) is 0 Å². The lowest BCUT2D eigenvalue weighted by atomic mass is 9.82. The summed E-state index contributed by atoms with van der Waals surface area (Å²) in [6.45, 7) is 12.3. The molecular formula is C17H30N2O. The maximum atomic E-state index is 5.71. The molecule has 114 valence electrons. The second-order valence-electron chi connectivity index (χ2n) is 6.27. The third-order valence-electron chi connectivity index (χ3n) is 4.86. The Hall–Kier alpha value is -0.800. The molecule has 3 nitrogen and oxygen atoms in total. The van der Waals surface area contributed by atoms with Gasteiger partial charge in [0, 0.05) is 18.7 Å². The van der Waals surface area contributed by atoms with Crippen molar-refractivity contribution in [1.82, 2.24) is 10.2 Å². The van der Waals surface area contributed by atoms with Crippen LogP contribution < -0.4 is 5.32 Å². The molecule has 3 heteroatoms. The van der Waals surface area contributed by atoms with Crippen molar-refractivity contribution in [2.75, 3.05) is 19.6 Å². The van der Waals surface area contributed by atoms with Gasteiger partial charge in [0.25, 0.3) is 0 Å². The molecule has 20 heavy (non-hydrogen) atoms. The summed E-state index contributed by atoms with van der Waals surface area (Å²) in [6, 6.07) is 2.21. The quantitative estimate of drug-likeness (QED) is 0.733. The molecule has 0 bridgehead atoms. The first-order chi connectivity index (χ1) is 9.71. The molecule has 0 saturated carbocycles. The van der Waals surface area contributed by atoms with Gasteiger partial charge in [-0.05, 0) is 50.3 Å². The van der Waals surface area contributed by atoms with Crippen LogP contribution in [0, 0.1) is 5.41 Å². The molecular weight excluding hydrogens is 248 g/mol. The van der Waals surface area contributed by atoms with Crippen molar-refractivity contribution in [1.29, 1.82) is 0 Å². The van der Waals surface area contributed by atoms with Crippen LogP contribution >= 0.6 is 0 Å². The first kappa shape index (κ1) is 15.6. The highest BCUT2D eigenvalue weighted by atomic mass is 16.3. The largest absolute Gasteiger partial charge is 0.468 e. The van der Waals surface area contributed by atoms with E-state index < -0.39 is 0 Å². The second-order valence-corrected chi connectivity index (χ2v) is 6.27. The van der Waals surface area contributed by atoms with E-state index in [2.05, 4.69) is 37.1 Å². The molecule has 1 fully saturated rings. The van der Waals surface area contributed by atoms with Crippen LogP contribution in [0.4, 0.5) is 0 Å².